The molecule has 3 fully saturated rings. The van der Waals surface area contributed by atoms with E-state index < -0.39 is 52.7 Å². The van der Waals surface area contributed by atoms with Crippen molar-refractivity contribution in [1.82, 2.24) is 45.6 Å². The van der Waals surface area contributed by atoms with Crippen molar-refractivity contribution in [2.45, 2.75) is 245 Å². The molecule has 9 rings (SSSR count). The highest BCUT2D eigenvalue weighted by Crippen LogP contribution is 2.43. The van der Waals surface area contributed by atoms with Gasteiger partial charge in [-0.3, -0.25) is 53.4 Å². The number of unbranched alkanes of at least 4 members (excludes halogenated alkanes) is 14. The van der Waals surface area contributed by atoms with Crippen LogP contribution in [0.3, 0.4) is 0 Å². The van der Waals surface area contributed by atoms with Gasteiger partial charge in [-0.2, -0.15) is 0 Å². The molecule has 1 atom stereocenters. The number of esters is 1. The second-order valence-corrected chi connectivity index (χ2v) is 39.7. The first-order valence-corrected chi connectivity index (χ1v) is 54.0. The van der Waals surface area contributed by atoms with Crippen molar-refractivity contribution >= 4 is 81.6 Å². The predicted octanol–water partition coefficient (Wildman–Crippen LogP) is 15.6. The number of nitrogens with zero attached hydrogens (tertiary/aromatic N) is 6. The Kier molecular flexibility index (Phi) is 56.2. The third kappa shape index (κ3) is 45.1. The number of imide groups is 1. The van der Waals surface area contributed by atoms with E-state index in [4.69, 9.17) is 71.4 Å². The van der Waals surface area contributed by atoms with Crippen LogP contribution in [0.4, 0.5) is 25.0 Å². The molecular formula is C112H165F2N11O25. The number of Topliss-reactive ketones (excluding diaryl/α,β-unsaturated/α-hetero) is 1. The number of carbonyl (C=O) groups excluding carboxylic acids is 9. The van der Waals surface area contributed by atoms with E-state index in [2.05, 4.69) is 72.3 Å². The lowest BCUT2D eigenvalue weighted by Gasteiger charge is -2.47. The maximum absolute atomic E-state index is 16.1. The minimum Gasteiger partial charge on any atom is -0.495 e. The number of aromatic nitrogens is 3. The number of amides is 8. The number of carboxylic acids is 1. The SMILES string of the molecule is CCCCCCCCCCCN(C(=O)CCCCCCCCCC(=O)O)C(CCC(=O)NCCOCCOCCOCCOCCOCCOCCOCCOCCOCCOCCOCCOCCC(=O)NC(C)(C)CC(=O)OC(C)(C)c1ccc(C(=O)Nc2cc(F)cc(-c3ncnc4[nH]c(-c5ccc(CCN6CCC7(CC6)CCN(C(=O)c6ccc(OC)c(N8CCC(=O)NC8=O)c6)CC7)cc5)cc34)c2C)c(F)c1)C(C)=O. The van der Waals surface area contributed by atoms with Gasteiger partial charge in [0.2, 0.25) is 23.6 Å². The molecule has 5 heterocycles. The van der Waals surface area contributed by atoms with Gasteiger partial charge in [-0.05, 0) is 189 Å². The standard InChI is InChI=1S/C112H165F2N11O25/c1-9-10-11-12-13-14-18-21-24-45-124(102(130)25-22-19-16-15-17-20-23-26-103(131)132)96(84(3)126)34-36-99(127)115-44-53-139-55-57-141-59-61-143-63-65-145-67-69-147-71-73-149-75-74-148-72-70-146-68-66-144-64-62-142-60-58-140-56-54-138-52-39-101(129)121-110(4,5)81-104(133)150-111(6,7)88-32-33-90(93(114)77-88)107(134)119-94-79-89(113)78-91(83(94)2)105-92-80-95(118-106(92)117-82-116-105)86-29-27-85(28-30-86)37-46-122-48-40-112(41-49-122)42-50-123(51-43-112)108(135)87-31-35-98(137-8)97(76-87)125-47-38-100(128)120-109(125)136/h27-33,35,76-80,82,96H,9-26,34,36-75,81H2,1-8H3,(H,115,127)(H,119,134)(H,121,129)(H,131,132)(H,116,117,118)(H,120,128,136). The highest BCUT2D eigenvalue weighted by Gasteiger charge is 2.40. The number of ether oxygens (including phenoxy) is 14. The number of rotatable bonds is 79. The van der Waals surface area contributed by atoms with Crippen LogP contribution in [0.15, 0.2) is 85.2 Å². The van der Waals surface area contributed by atoms with Gasteiger partial charge in [-0.1, -0.05) is 121 Å². The molecule has 3 aliphatic rings. The number of aliphatic carboxylic acids is 1. The first-order valence-electron chi connectivity index (χ1n) is 54.0. The number of halogens is 2. The molecule has 0 radical (unpaired) electrons. The second-order valence-electron chi connectivity index (χ2n) is 39.7. The number of ketones is 1. The summed E-state index contributed by atoms with van der Waals surface area (Å²) in [7, 11) is 1.51. The van der Waals surface area contributed by atoms with E-state index in [1.165, 1.54) is 87.5 Å². The maximum atomic E-state index is 16.1. The van der Waals surface area contributed by atoms with E-state index in [9.17, 15) is 47.9 Å². The highest BCUT2D eigenvalue weighted by molar-refractivity contribution is 6.08. The number of likely N-dealkylation sites (tertiary alicyclic amines) is 2. The van der Waals surface area contributed by atoms with Crippen LogP contribution in [-0.2, 0) is 107 Å². The first-order chi connectivity index (χ1) is 72.5. The third-order valence-corrected chi connectivity index (χ3v) is 27.2. The summed E-state index contributed by atoms with van der Waals surface area (Å²) in [5, 5.41) is 20.2. The van der Waals surface area contributed by atoms with Crippen molar-refractivity contribution in [3.8, 4) is 28.3 Å². The number of carboxylic acid groups (broad SMARTS) is 1. The first kappa shape index (κ1) is 123. The number of hydrogen-bond acceptors (Lipinski definition) is 27. The summed E-state index contributed by atoms with van der Waals surface area (Å²) >= 11 is 0. The molecule has 0 bridgehead atoms. The number of benzene rings is 4. The monoisotopic (exact) mass is 2100 g/mol. The van der Waals surface area contributed by atoms with Crippen LogP contribution >= 0.6 is 0 Å². The third-order valence-electron chi connectivity index (χ3n) is 27.2. The predicted molar refractivity (Wildman–Crippen MR) is 564 cm³/mol. The van der Waals surface area contributed by atoms with Crippen molar-refractivity contribution in [2.75, 3.05) is 228 Å². The van der Waals surface area contributed by atoms with Crippen LogP contribution in [0.1, 0.15) is 252 Å². The van der Waals surface area contributed by atoms with E-state index in [1.807, 2.05) is 11.0 Å². The molecule has 4 aromatic carbocycles. The molecule has 3 saturated heterocycles. The Bertz CT molecular complexity index is 5090. The molecule has 6 N–H and O–H groups in total. The lowest BCUT2D eigenvalue weighted by Crippen LogP contribution is -2.50. The molecule has 36 nitrogen and oxygen atoms in total. The largest absolute Gasteiger partial charge is 0.495 e. The Morgan fingerprint density at radius 1 is 0.567 bits per heavy atom. The smallest absolute Gasteiger partial charge is 0.328 e. The van der Waals surface area contributed by atoms with Crippen molar-refractivity contribution in [3.05, 3.63) is 125 Å². The molecule has 6 aromatic rings. The van der Waals surface area contributed by atoms with Crippen molar-refractivity contribution in [3.63, 3.8) is 0 Å². The summed E-state index contributed by atoms with van der Waals surface area (Å²) < 4.78 is 110. The maximum Gasteiger partial charge on any atom is 0.328 e. The van der Waals surface area contributed by atoms with Crippen LogP contribution in [0.2, 0.25) is 0 Å². The fourth-order valence-corrected chi connectivity index (χ4v) is 18.4. The quantitative estimate of drug-likeness (QED) is 0.0153. The number of hydrogen-bond donors (Lipinski definition) is 6. The van der Waals surface area contributed by atoms with Gasteiger partial charge in [0.05, 0.1) is 195 Å². The molecule has 1 spiro atoms. The number of aromatic amines is 1. The Morgan fingerprint density at radius 2 is 1.09 bits per heavy atom. The number of methoxy groups -OCH3 is 1. The molecule has 150 heavy (non-hydrogen) atoms. The summed E-state index contributed by atoms with van der Waals surface area (Å²) in [6.45, 7) is 26.1. The summed E-state index contributed by atoms with van der Waals surface area (Å²) in [4.78, 5) is 149. The van der Waals surface area contributed by atoms with E-state index in [0.29, 0.717) is 223 Å². The van der Waals surface area contributed by atoms with Crippen LogP contribution in [-0.4, -0.2) is 324 Å². The summed E-state index contributed by atoms with van der Waals surface area (Å²) in [5.74, 6) is -4.51. The summed E-state index contributed by atoms with van der Waals surface area (Å²) in [5.41, 5.74) is 3.39. The van der Waals surface area contributed by atoms with Crippen LogP contribution in [0, 0.1) is 24.0 Å². The minimum absolute atomic E-state index is 0.0248. The van der Waals surface area contributed by atoms with Gasteiger partial charge < -0.3 is 107 Å². The van der Waals surface area contributed by atoms with Gasteiger partial charge >= 0.3 is 18.0 Å². The number of fused-ring (bicyclic) bond motifs is 1. The van der Waals surface area contributed by atoms with Crippen LogP contribution in [0.25, 0.3) is 33.5 Å². The van der Waals surface area contributed by atoms with Crippen molar-refractivity contribution in [1.29, 1.82) is 0 Å². The molecule has 3 aliphatic heterocycles. The van der Waals surface area contributed by atoms with E-state index >= 15 is 8.78 Å². The fraction of sp³-hybridized carbons (Fsp3) is 0.643. The molecule has 1 unspecified atom stereocenters. The van der Waals surface area contributed by atoms with Gasteiger partial charge in [0.1, 0.15) is 35.0 Å². The lowest BCUT2D eigenvalue weighted by molar-refractivity contribution is -0.159. The number of piperidine rings is 2. The number of H-pyrrole nitrogens is 1. The average Bonchev–Trinajstić information content (AvgIpc) is 1.56. The number of anilines is 2. The van der Waals surface area contributed by atoms with Gasteiger partial charge in [0.25, 0.3) is 11.8 Å². The topological polar surface area (TPSA) is 423 Å². The Balaban J connectivity index is 0.519. The number of urea groups is 1. The van der Waals surface area contributed by atoms with Gasteiger partial charge in [-0.15, -0.1) is 0 Å². The highest BCUT2D eigenvalue weighted by atomic mass is 19.1. The molecule has 8 amide bonds. The minimum atomic E-state index is -1.37. The Morgan fingerprint density at radius 3 is 1.63 bits per heavy atom. The molecule has 2 aromatic heterocycles. The van der Waals surface area contributed by atoms with Gasteiger partial charge in [0, 0.05) is 105 Å². The normalized spacial score (nSPS) is 14.1. The molecule has 832 valence electrons. The van der Waals surface area contributed by atoms with Crippen molar-refractivity contribution < 1.29 is 128 Å². The van der Waals surface area contributed by atoms with Crippen LogP contribution in [0.5, 0.6) is 5.75 Å². The fourth-order valence-electron chi connectivity index (χ4n) is 18.4. The van der Waals surface area contributed by atoms with Crippen molar-refractivity contribution in [2.24, 2.45) is 5.41 Å². The Labute approximate surface area is 882 Å². The molecule has 38 heteroatoms. The molecular weight excluding hydrogens is 1940 g/mol. The zero-order valence-electron chi connectivity index (χ0n) is 89.8. The summed E-state index contributed by atoms with van der Waals surface area (Å²) in [6.07, 6.45) is 23.6. The van der Waals surface area contributed by atoms with E-state index in [1.54, 1.807) is 57.7 Å². The average molecular weight is 2100 g/mol. The summed E-state index contributed by atoms with van der Waals surface area (Å²) in [6, 6.07) is 20.5. The number of carbonyl (C=O) groups is 10. The number of nitrogens with one attached hydrogen (secondary N) is 5. The molecule has 0 saturated carbocycles. The zero-order chi connectivity index (χ0) is 108. The molecule has 0 aliphatic carbocycles. The van der Waals surface area contributed by atoms with E-state index in [0.717, 1.165) is 133 Å². The second kappa shape index (κ2) is 68.5. The van der Waals surface area contributed by atoms with E-state index in [-0.39, 0.29) is 122 Å². The zero-order valence-corrected chi connectivity index (χ0v) is 89.8. The van der Waals surface area contributed by atoms with Crippen LogP contribution < -0.4 is 30.9 Å². The van der Waals surface area contributed by atoms with Gasteiger partial charge in [0.15, 0.2) is 5.78 Å². The van der Waals surface area contributed by atoms with Gasteiger partial charge in [-0.25, -0.2) is 23.5 Å². The Hall–Kier alpha value is -10.5. The lowest BCUT2D eigenvalue weighted by atomic mass is 9.71.